The summed E-state index contributed by atoms with van der Waals surface area (Å²) in [7, 11) is 0. The molecule has 2 aromatic rings. The lowest BCUT2D eigenvalue weighted by molar-refractivity contribution is -0.140. The number of carboxylic acid groups (broad SMARTS) is 1. The van der Waals surface area contributed by atoms with Crippen molar-refractivity contribution in [3.8, 4) is 10.6 Å². The van der Waals surface area contributed by atoms with Gasteiger partial charge in [0.15, 0.2) is 0 Å². The topological polar surface area (TPSA) is 79.3 Å². The summed E-state index contributed by atoms with van der Waals surface area (Å²) < 4.78 is 12.9. The molecule has 0 saturated heterocycles. The second kappa shape index (κ2) is 6.65. The number of aromatic nitrogens is 1. The van der Waals surface area contributed by atoms with Gasteiger partial charge in [-0.25, -0.2) is 14.2 Å². The fourth-order valence-electron chi connectivity index (χ4n) is 1.83. The Balaban J connectivity index is 2.15. The van der Waals surface area contributed by atoms with Gasteiger partial charge in [-0.15, -0.1) is 11.3 Å². The monoisotopic (exact) mass is 322 g/mol. The van der Waals surface area contributed by atoms with E-state index >= 15 is 0 Å². The summed E-state index contributed by atoms with van der Waals surface area (Å²) >= 11 is 1.24. The van der Waals surface area contributed by atoms with Crippen molar-refractivity contribution in [1.82, 2.24) is 10.3 Å². The number of thiazole rings is 1. The number of hydrogen-bond acceptors (Lipinski definition) is 4. The average Bonchev–Trinajstić information content (AvgIpc) is 2.94. The van der Waals surface area contributed by atoms with Crippen LogP contribution in [0.15, 0.2) is 29.6 Å². The fraction of sp³-hybridized carbons (Fsp3) is 0.267. The van der Waals surface area contributed by atoms with Gasteiger partial charge in [-0.2, -0.15) is 0 Å². The Kier molecular flexibility index (Phi) is 4.87. The molecule has 2 N–H and O–H groups in total. The molecular formula is C15H15FN2O3S. The van der Waals surface area contributed by atoms with E-state index in [4.69, 9.17) is 5.11 Å². The summed E-state index contributed by atoms with van der Waals surface area (Å²) in [4.78, 5) is 27.3. The van der Waals surface area contributed by atoms with E-state index in [1.54, 1.807) is 31.4 Å². The van der Waals surface area contributed by atoms with Gasteiger partial charge >= 0.3 is 5.97 Å². The van der Waals surface area contributed by atoms with Gasteiger partial charge in [-0.3, -0.25) is 4.79 Å². The van der Waals surface area contributed by atoms with Crippen LogP contribution in [0.4, 0.5) is 4.39 Å². The van der Waals surface area contributed by atoms with Gasteiger partial charge < -0.3 is 10.4 Å². The molecule has 0 aliphatic carbocycles. The molecule has 1 amide bonds. The van der Waals surface area contributed by atoms with Crippen LogP contribution in [0.3, 0.4) is 0 Å². The molecule has 1 heterocycles. The summed E-state index contributed by atoms with van der Waals surface area (Å²) in [5.74, 6) is -2.21. The maximum absolute atomic E-state index is 12.9. The van der Waals surface area contributed by atoms with Gasteiger partial charge in [-0.05, 0) is 30.2 Å². The molecule has 116 valence electrons. The molecule has 22 heavy (non-hydrogen) atoms. The third-order valence-electron chi connectivity index (χ3n) is 3.05. The zero-order valence-electron chi connectivity index (χ0n) is 12.0. The maximum atomic E-state index is 12.9. The first-order valence-electron chi connectivity index (χ1n) is 6.63. The van der Waals surface area contributed by atoms with Crippen LogP contribution in [0.1, 0.15) is 24.3 Å². The SMILES string of the molecule is CC(C)[C@@H](NC(=O)c1csc(-c2ccc(F)cc2)n1)C(=O)O. The quantitative estimate of drug-likeness (QED) is 0.887. The van der Waals surface area contributed by atoms with E-state index in [1.165, 1.54) is 23.5 Å². The Hall–Kier alpha value is -2.28. The lowest BCUT2D eigenvalue weighted by atomic mass is 10.0. The van der Waals surface area contributed by atoms with E-state index in [9.17, 15) is 14.0 Å². The third kappa shape index (κ3) is 3.67. The number of hydrogen-bond donors (Lipinski definition) is 2. The van der Waals surface area contributed by atoms with Crippen molar-refractivity contribution in [3.63, 3.8) is 0 Å². The predicted octanol–water partition coefficient (Wildman–Crippen LogP) is 2.79. The van der Waals surface area contributed by atoms with E-state index in [1.807, 2.05) is 0 Å². The average molecular weight is 322 g/mol. The summed E-state index contributed by atoms with van der Waals surface area (Å²) in [6, 6.07) is 4.81. The molecule has 0 aliphatic heterocycles. The molecule has 0 radical (unpaired) electrons. The highest BCUT2D eigenvalue weighted by atomic mass is 32.1. The minimum Gasteiger partial charge on any atom is -0.480 e. The number of aliphatic carboxylic acids is 1. The third-order valence-corrected chi connectivity index (χ3v) is 3.94. The number of carboxylic acids is 1. The van der Waals surface area contributed by atoms with E-state index < -0.39 is 17.9 Å². The lowest BCUT2D eigenvalue weighted by Gasteiger charge is -2.16. The molecule has 1 aromatic carbocycles. The zero-order valence-corrected chi connectivity index (χ0v) is 12.9. The summed E-state index contributed by atoms with van der Waals surface area (Å²) in [5.41, 5.74) is 0.848. The molecule has 2 rings (SSSR count). The number of nitrogens with zero attached hydrogens (tertiary/aromatic N) is 1. The summed E-state index contributed by atoms with van der Waals surface area (Å²) in [5, 5.41) is 13.7. The molecule has 0 unspecified atom stereocenters. The number of carbonyl (C=O) groups excluding carboxylic acids is 1. The maximum Gasteiger partial charge on any atom is 0.326 e. The van der Waals surface area contributed by atoms with Gasteiger partial charge in [0.05, 0.1) is 0 Å². The number of amides is 1. The number of rotatable bonds is 5. The number of benzene rings is 1. The second-order valence-corrected chi connectivity index (χ2v) is 5.94. The van der Waals surface area contributed by atoms with Crippen molar-refractivity contribution in [2.45, 2.75) is 19.9 Å². The Bertz CT molecular complexity index is 682. The normalized spacial score (nSPS) is 12.2. The van der Waals surface area contributed by atoms with Gasteiger partial charge in [0.2, 0.25) is 0 Å². The van der Waals surface area contributed by atoms with Crippen LogP contribution in [0.25, 0.3) is 10.6 Å². The van der Waals surface area contributed by atoms with Gasteiger partial charge in [0.1, 0.15) is 22.6 Å². The highest BCUT2D eigenvalue weighted by molar-refractivity contribution is 7.13. The first-order valence-corrected chi connectivity index (χ1v) is 7.51. The molecule has 0 fully saturated rings. The van der Waals surface area contributed by atoms with Crippen LogP contribution in [-0.4, -0.2) is 28.0 Å². The number of halogens is 1. The number of nitrogens with one attached hydrogen (secondary N) is 1. The van der Waals surface area contributed by atoms with Crippen molar-refractivity contribution in [1.29, 1.82) is 0 Å². The minimum absolute atomic E-state index is 0.149. The van der Waals surface area contributed by atoms with Crippen LogP contribution in [0.5, 0.6) is 0 Å². The smallest absolute Gasteiger partial charge is 0.326 e. The standard InChI is InChI=1S/C15H15FN2O3S/c1-8(2)12(15(20)21)18-13(19)11-7-22-14(17-11)9-3-5-10(16)6-4-9/h3-8,12H,1-2H3,(H,18,19)(H,20,21)/t12-/m1/s1. The first-order chi connectivity index (χ1) is 10.4. The van der Waals surface area contributed by atoms with Crippen molar-refractivity contribution in [3.05, 3.63) is 41.2 Å². The van der Waals surface area contributed by atoms with Crippen molar-refractivity contribution in [2.75, 3.05) is 0 Å². The Morgan fingerprint density at radius 1 is 1.27 bits per heavy atom. The fourth-order valence-corrected chi connectivity index (χ4v) is 2.64. The zero-order chi connectivity index (χ0) is 16.3. The molecule has 7 heteroatoms. The van der Waals surface area contributed by atoms with Gasteiger partial charge in [0.25, 0.3) is 5.91 Å². The highest BCUT2D eigenvalue weighted by Crippen LogP contribution is 2.24. The molecular weight excluding hydrogens is 307 g/mol. The van der Waals surface area contributed by atoms with Crippen LogP contribution in [-0.2, 0) is 4.79 Å². The molecule has 1 aromatic heterocycles. The molecule has 5 nitrogen and oxygen atoms in total. The molecule has 0 saturated carbocycles. The molecule has 0 aliphatic rings. The van der Waals surface area contributed by atoms with E-state index in [-0.39, 0.29) is 17.4 Å². The second-order valence-electron chi connectivity index (χ2n) is 5.08. The van der Waals surface area contributed by atoms with E-state index in [0.717, 1.165) is 0 Å². The Morgan fingerprint density at radius 3 is 2.45 bits per heavy atom. The number of carbonyl (C=O) groups is 2. The predicted molar refractivity (Wildman–Crippen MR) is 81.2 cm³/mol. The van der Waals surface area contributed by atoms with Crippen molar-refractivity contribution < 1.29 is 19.1 Å². The van der Waals surface area contributed by atoms with E-state index in [2.05, 4.69) is 10.3 Å². The Morgan fingerprint density at radius 2 is 1.91 bits per heavy atom. The van der Waals surface area contributed by atoms with Crippen LogP contribution < -0.4 is 5.32 Å². The van der Waals surface area contributed by atoms with Crippen LogP contribution >= 0.6 is 11.3 Å². The lowest BCUT2D eigenvalue weighted by Crippen LogP contribution is -2.44. The van der Waals surface area contributed by atoms with Gasteiger partial charge in [0, 0.05) is 10.9 Å². The summed E-state index contributed by atoms with van der Waals surface area (Å²) in [6.45, 7) is 3.42. The minimum atomic E-state index is -1.09. The molecule has 0 bridgehead atoms. The highest BCUT2D eigenvalue weighted by Gasteiger charge is 2.25. The first kappa shape index (κ1) is 16.1. The van der Waals surface area contributed by atoms with Crippen LogP contribution in [0, 0.1) is 11.7 Å². The van der Waals surface area contributed by atoms with Crippen LogP contribution in [0.2, 0.25) is 0 Å². The Labute approximate surface area is 130 Å². The van der Waals surface area contributed by atoms with Gasteiger partial charge in [-0.1, -0.05) is 13.8 Å². The molecule has 1 atom stereocenters. The largest absolute Gasteiger partial charge is 0.480 e. The molecule has 0 spiro atoms. The van der Waals surface area contributed by atoms with E-state index in [0.29, 0.717) is 10.6 Å². The van der Waals surface area contributed by atoms with Crippen molar-refractivity contribution >= 4 is 23.2 Å². The summed E-state index contributed by atoms with van der Waals surface area (Å²) in [6.07, 6.45) is 0. The van der Waals surface area contributed by atoms with Crippen molar-refractivity contribution in [2.24, 2.45) is 5.92 Å².